The van der Waals surface area contributed by atoms with Crippen LogP contribution in [0.1, 0.15) is 24.5 Å². The van der Waals surface area contributed by atoms with Gasteiger partial charge in [-0.1, -0.05) is 36.4 Å². The van der Waals surface area contributed by atoms with Crippen LogP contribution in [0.4, 0.5) is 0 Å². The number of nitrogens with zero attached hydrogens (tertiary/aromatic N) is 1. The smallest absolute Gasteiger partial charge is 0.307 e. The van der Waals surface area contributed by atoms with Gasteiger partial charge in [0.05, 0.1) is 19.4 Å². The van der Waals surface area contributed by atoms with E-state index < -0.39 is 0 Å². The number of ether oxygens (including phenoxy) is 3. The Hall–Kier alpha value is -3.02. The Morgan fingerprint density at radius 3 is 2.59 bits per heavy atom. The van der Waals surface area contributed by atoms with E-state index >= 15 is 0 Å². The van der Waals surface area contributed by atoms with E-state index in [9.17, 15) is 9.59 Å². The molecule has 6 nitrogen and oxygen atoms in total. The predicted octanol–water partition coefficient (Wildman–Crippen LogP) is 2.94. The molecule has 0 saturated heterocycles. The van der Waals surface area contributed by atoms with Crippen LogP contribution in [-0.4, -0.2) is 36.7 Å². The van der Waals surface area contributed by atoms with Gasteiger partial charge in [-0.2, -0.15) is 0 Å². The Morgan fingerprint density at radius 2 is 1.81 bits per heavy atom. The van der Waals surface area contributed by atoms with Gasteiger partial charge in [0.25, 0.3) is 0 Å². The van der Waals surface area contributed by atoms with Crippen molar-refractivity contribution in [1.82, 2.24) is 4.90 Å². The quantitative estimate of drug-likeness (QED) is 0.670. The minimum atomic E-state index is -0.305. The van der Waals surface area contributed by atoms with Crippen LogP contribution in [0.15, 0.2) is 48.5 Å². The molecule has 0 unspecified atom stereocenters. The fourth-order valence-electron chi connectivity index (χ4n) is 2.89. The maximum absolute atomic E-state index is 12.8. The molecule has 6 heteroatoms. The van der Waals surface area contributed by atoms with Crippen LogP contribution in [0, 0.1) is 0 Å². The van der Waals surface area contributed by atoms with Gasteiger partial charge in [0, 0.05) is 13.1 Å². The van der Waals surface area contributed by atoms with Crippen molar-refractivity contribution >= 4 is 11.9 Å². The van der Waals surface area contributed by atoms with Crippen molar-refractivity contribution in [2.24, 2.45) is 0 Å². The largest absolute Gasteiger partial charge is 0.466 e. The highest BCUT2D eigenvalue weighted by atomic mass is 16.7. The zero-order valence-corrected chi connectivity index (χ0v) is 15.3. The number of amides is 1. The van der Waals surface area contributed by atoms with Gasteiger partial charge in [-0.25, -0.2) is 0 Å². The number of rotatable bonds is 8. The van der Waals surface area contributed by atoms with Crippen molar-refractivity contribution in [3.05, 3.63) is 59.7 Å². The first kappa shape index (κ1) is 18.8. The molecule has 1 heterocycles. The van der Waals surface area contributed by atoms with Crippen molar-refractivity contribution in [2.75, 3.05) is 19.9 Å². The van der Waals surface area contributed by atoms with Crippen LogP contribution < -0.4 is 9.47 Å². The average molecular weight is 369 g/mol. The third kappa shape index (κ3) is 5.23. The van der Waals surface area contributed by atoms with E-state index in [-0.39, 0.29) is 31.5 Å². The molecular weight excluding hydrogens is 346 g/mol. The molecule has 0 aromatic heterocycles. The molecule has 0 atom stereocenters. The second-order valence-electron chi connectivity index (χ2n) is 6.22. The fourth-order valence-corrected chi connectivity index (χ4v) is 2.89. The molecule has 1 aliphatic rings. The lowest BCUT2D eigenvalue weighted by Crippen LogP contribution is -2.34. The van der Waals surface area contributed by atoms with Gasteiger partial charge in [0.1, 0.15) is 0 Å². The van der Waals surface area contributed by atoms with E-state index in [4.69, 9.17) is 14.2 Å². The number of carbonyl (C=O) groups is 2. The minimum absolute atomic E-state index is 0.0387. The second kappa shape index (κ2) is 9.07. The highest BCUT2D eigenvalue weighted by molar-refractivity contribution is 5.79. The third-order valence-electron chi connectivity index (χ3n) is 4.25. The fraction of sp³-hybridized carbons (Fsp3) is 0.333. The summed E-state index contributed by atoms with van der Waals surface area (Å²) in [5, 5.41) is 0. The van der Waals surface area contributed by atoms with E-state index in [1.807, 2.05) is 48.5 Å². The molecule has 3 rings (SSSR count). The Morgan fingerprint density at radius 1 is 1.04 bits per heavy atom. The number of hydrogen-bond acceptors (Lipinski definition) is 5. The summed E-state index contributed by atoms with van der Waals surface area (Å²) in [7, 11) is 0. The van der Waals surface area contributed by atoms with Crippen LogP contribution >= 0.6 is 0 Å². The van der Waals surface area contributed by atoms with Gasteiger partial charge >= 0.3 is 5.97 Å². The van der Waals surface area contributed by atoms with Gasteiger partial charge in [-0.05, 0) is 30.2 Å². The molecule has 142 valence electrons. The Kier molecular flexibility index (Phi) is 6.30. The first-order chi connectivity index (χ1) is 13.2. The third-order valence-corrected chi connectivity index (χ3v) is 4.25. The predicted molar refractivity (Wildman–Crippen MR) is 99.4 cm³/mol. The lowest BCUT2D eigenvalue weighted by Gasteiger charge is -2.23. The standard InChI is InChI=1S/C21H23NO5/c1-2-25-21(24)10-11-22(20(23)13-16-6-4-3-5-7-16)14-17-8-9-18-19(12-17)27-15-26-18/h3-9,12H,2,10-11,13-15H2,1H3. The number of esters is 1. The van der Waals surface area contributed by atoms with Crippen LogP contribution in [0.2, 0.25) is 0 Å². The molecule has 0 N–H and O–H groups in total. The minimum Gasteiger partial charge on any atom is -0.466 e. The average Bonchev–Trinajstić information content (AvgIpc) is 3.14. The molecule has 0 fully saturated rings. The molecule has 0 saturated carbocycles. The number of fused-ring (bicyclic) bond motifs is 1. The first-order valence-corrected chi connectivity index (χ1v) is 9.01. The van der Waals surface area contributed by atoms with Crippen molar-refractivity contribution in [1.29, 1.82) is 0 Å². The van der Waals surface area contributed by atoms with Gasteiger partial charge in [0.2, 0.25) is 12.7 Å². The summed E-state index contributed by atoms with van der Waals surface area (Å²) in [6.45, 7) is 3.00. The molecule has 2 aromatic rings. The zero-order valence-electron chi connectivity index (χ0n) is 15.3. The maximum atomic E-state index is 12.8. The summed E-state index contributed by atoms with van der Waals surface area (Å²) in [6, 6.07) is 15.2. The summed E-state index contributed by atoms with van der Waals surface area (Å²) in [6.07, 6.45) is 0.452. The van der Waals surface area contributed by atoms with E-state index in [1.165, 1.54) is 0 Å². The van der Waals surface area contributed by atoms with Crippen LogP contribution in [-0.2, 0) is 27.3 Å². The SMILES string of the molecule is CCOC(=O)CCN(Cc1ccc2c(c1)OCO2)C(=O)Cc1ccccc1. The number of benzene rings is 2. The van der Waals surface area contributed by atoms with E-state index in [1.54, 1.807) is 11.8 Å². The first-order valence-electron chi connectivity index (χ1n) is 9.01. The molecule has 0 spiro atoms. The molecule has 2 aromatic carbocycles. The van der Waals surface area contributed by atoms with Crippen molar-refractivity contribution in [2.45, 2.75) is 26.3 Å². The highest BCUT2D eigenvalue weighted by Gasteiger charge is 2.19. The number of hydrogen-bond donors (Lipinski definition) is 0. The van der Waals surface area contributed by atoms with Crippen LogP contribution in [0.5, 0.6) is 11.5 Å². The van der Waals surface area contributed by atoms with Crippen LogP contribution in [0.3, 0.4) is 0 Å². The highest BCUT2D eigenvalue weighted by Crippen LogP contribution is 2.32. The maximum Gasteiger partial charge on any atom is 0.307 e. The van der Waals surface area contributed by atoms with E-state index in [2.05, 4.69) is 0 Å². The van der Waals surface area contributed by atoms with Crippen molar-refractivity contribution in [3.8, 4) is 11.5 Å². The van der Waals surface area contributed by atoms with Gasteiger partial charge in [-0.3, -0.25) is 9.59 Å². The summed E-state index contributed by atoms with van der Waals surface area (Å²) >= 11 is 0. The lowest BCUT2D eigenvalue weighted by molar-refractivity contribution is -0.144. The summed E-state index contributed by atoms with van der Waals surface area (Å²) < 4.78 is 15.7. The van der Waals surface area contributed by atoms with Gasteiger partial charge in [0.15, 0.2) is 11.5 Å². The number of carbonyl (C=O) groups excluding carboxylic acids is 2. The lowest BCUT2D eigenvalue weighted by atomic mass is 10.1. The van der Waals surface area contributed by atoms with Gasteiger partial charge in [-0.15, -0.1) is 0 Å². The summed E-state index contributed by atoms with van der Waals surface area (Å²) in [4.78, 5) is 26.3. The van der Waals surface area contributed by atoms with Crippen molar-refractivity contribution < 1.29 is 23.8 Å². The van der Waals surface area contributed by atoms with E-state index in [0.29, 0.717) is 31.2 Å². The summed E-state index contributed by atoms with van der Waals surface area (Å²) in [5.41, 5.74) is 1.86. The molecule has 0 radical (unpaired) electrons. The molecule has 1 aliphatic heterocycles. The zero-order chi connectivity index (χ0) is 19.1. The Bertz CT molecular complexity index is 790. The molecule has 0 aliphatic carbocycles. The summed E-state index contributed by atoms with van der Waals surface area (Å²) in [5.74, 6) is 1.03. The van der Waals surface area contributed by atoms with E-state index in [0.717, 1.165) is 11.1 Å². The Balaban J connectivity index is 1.70. The molecular formula is C21H23NO5. The van der Waals surface area contributed by atoms with Gasteiger partial charge < -0.3 is 19.1 Å². The van der Waals surface area contributed by atoms with Crippen LogP contribution in [0.25, 0.3) is 0 Å². The second-order valence-corrected chi connectivity index (χ2v) is 6.22. The molecule has 27 heavy (non-hydrogen) atoms. The molecule has 1 amide bonds. The normalized spacial score (nSPS) is 11.9. The Labute approximate surface area is 158 Å². The topological polar surface area (TPSA) is 65.1 Å². The monoisotopic (exact) mass is 369 g/mol. The van der Waals surface area contributed by atoms with Crippen molar-refractivity contribution in [3.63, 3.8) is 0 Å². The molecule has 0 bridgehead atoms.